The maximum Gasteiger partial charge on any atom is 0.410 e. The molecule has 1 aromatic heterocycles. The number of rotatable bonds is 7. The highest BCUT2D eigenvalue weighted by molar-refractivity contribution is 5.70. The summed E-state index contributed by atoms with van der Waals surface area (Å²) < 4.78 is 11.1. The molecule has 0 saturated carbocycles. The fourth-order valence-electron chi connectivity index (χ4n) is 3.76. The summed E-state index contributed by atoms with van der Waals surface area (Å²) in [5.41, 5.74) is 2.54. The van der Waals surface area contributed by atoms with Crippen molar-refractivity contribution in [1.82, 2.24) is 9.88 Å². The Bertz CT molecular complexity index is 1120. The summed E-state index contributed by atoms with van der Waals surface area (Å²) >= 11 is 0. The first-order valence-corrected chi connectivity index (χ1v) is 10.5. The van der Waals surface area contributed by atoms with E-state index in [1.165, 1.54) is 0 Å². The van der Waals surface area contributed by atoms with Gasteiger partial charge in [0.2, 0.25) is 0 Å². The van der Waals surface area contributed by atoms with Crippen LogP contribution in [0.4, 0.5) is 16.3 Å². The number of nitriles is 1. The number of anilines is 2. The number of cyclic esters (lactones) is 1. The van der Waals surface area contributed by atoms with Crippen LogP contribution in [0.3, 0.4) is 0 Å². The summed E-state index contributed by atoms with van der Waals surface area (Å²) in [6, 6.07) is 21.2. The number of carbonyl (C=O) groups excluding carboxylic acids is 1. The van der Waals surface area contributed by atoms with Gasteiger partial charge in [0.05, 0.1) is 11.6 Å². The van der Waals surface area contributed by atoms with Crippen LogP contribution in [0.2, 0.25) is 0 Å². The maximum atomic E-state index is 11.7. The van der Waals surface area contributed by atoms with Gasteiger partial charge in [0, 0.05) is 25.5 Å². The van der Waals surface area contributed by atoms with Crippen LogP contribution in [0.25, 0.3) is 0 Å². The van der Waals surface area contributed by atoms with Crippen molar-refractivity contribution in [2.45, 2.75) is 19.4 Å². The second-order valence-electron chi connectivity index (χ2n) is 7.51. The van der Waals surface area contributed by atoms with Crippen LogP contribution in [-0.4, -0.2) is 42.2 Å². The number of amides is 1. The maximum absolute atomic E-state index is 11.7. The third-order valence-corrected chi connectivity index (χ3v) is 5.49. The van der Waals surface area contributed by atoms with Crippen molar-refractivity contribution >= 4 is 17.6 Å². The molecule has 2 aromatic carbocycles. The number of nitrogens with zero attached hydrogens (tertiary/aromatic N) is 4. The van der Waals surface area contributed by atoms with Gasteiger partial charge in [0.15, 0.2) is 5.82 Å². The van der Waals surface area contributed by atoms with E-state index in [2.05, 4.69) is 11.1 Å². The number of benzene rings is 2. The molecule has 1 aliphatic heterocycles. The molecule has 32 heavy (non-hydrogen) atoms. The molecule has 1 saturated heterocycles. The molecule has 1 aliphatic rings. The fourth-order valence-corrected chi connectivity index (χ4v) is 3.76. The van der Waals surface area contributed by atoms with E-state index >= 15 is 0 Å². The second-order valence-corrected chi connectivity index (χ2v) is 7.51. The molecular weight excluding hydrogens is 404 g/mol. The van der Waals surface area contributed by atoms with Gasteiger partial charge in [0.1, 0.15) is 24.2 Å². The number of ether oxygens (including phenoxy) is 2. The Morgan fingerprint density at radius 3 is 2.50 bits per heavy atom. The molecule has 1 unspecified atom stereocenters. The van der Waals surface area contributed by atoms with Gasteiger partial charge in [-0.1, -0.05) is 12.1 Å². The normalized spacial score (nSPS) is 15.2. The Labute approximate surface area is 187 Å². The topological polar surface area (TPSA) is 78.7 Å². The fraction of sp³-hybridized carbons (Fsp3) is 0.240. The molecule has 0 bridgehead atoms. The van der Waals surface area contributed by atoms with Gasteiger partial charge in [-0.15, -0.1) is 0 Å². The largest absolute Gasteiger partial charge is 0.457 e. The van der Waals surface area contributed by atoms with Crippen molar-refractivity contribution < 1.29 is 14.3 Å². The van der Waals surface area contributed by atoms with Crippen LogP contribution in [0.15, 0.2) is 66.9 Å². The van der Waals surface area contributed by atoms with Crippen LogP contribution >= 0.6 is 0 Å². The zero-order valence-electron chi connectivity index (χ0n) is 18.1. The van der Waals surface area contributed by atoms with Crippen LogP contribution in [0.1, 0.15) is 18.1 Å². The minimum Gasteiger partial charge on any atom is -0.457 e. The lowest BCUT2D eigenvalue weighted by molar-refractivity contribution is 0.159. The Morgan fingerprint density at radius 1 is 1.16 bits per heavy atom. The van der Waals surface area contributed by atoms with E-state index in [0.29, 0.717) is 30.3 Å². The summed E-state index contributed by atoms with van der Waals surface area (Å²) in [5.74, 6) is 2.05. The average Bonchev–Trinajstić information content (AvgIpc) is 3.19. The van der Waals surface area contributed by atoms with Gasteiger partial charge < -0.3 is 19.3 Å². The molecule has 7 nitrogen and oxygen atoms in total. The first-order chi connectivity index (χ1) is 15.6. The predicted octanol–water partition coefficient (Wildman–Crippen LogP) is 4.90. The molecule has 2 heterocycles. The molecular formula is C25H24N4O3. The van der Waals surface area contributed by atoms with Crippen LogP contribution in [0.5, 0.6) is 11.5 Å². The standard InChI is InChI=1S/C25H24N4O3/c1-3-29-21(17-31-25(29)30)15-18-6-10-22(11-7-18)32-23-12-8-20(9-13-23)28(2)24-19(16-26)5-4-14-27-24/h4-14,21H,3,15,17H2,1-2H3. The zero-order chi connectivity index (χ0) is 22.5. The SMILES string of the molecule is CCN1C(=O)OCC1Cc1ccc(Oc2ccc(N(C)c3ncccc3C#N)cc2)cc1. The predicted molar refractivity (Wildman–Crippen MR) is 121 cm³/mol. The number of pyridine rings is 1. The highest BCUT2D eigenvalue weighted by Gasteiger charge is 2.31. The molecule has 162 valence electrons. The summed E-state index contributed by atoms with van der Waals surface area (Å²) in [6.07, 6.45) is 2.18. The highest BCUT2D eigenvalue weighted by atomic mass is 16.6. The van der Waals surface area contributed by atoms with Gasteiger partial charge in [-0.25, -0.2) is 9.78 Å². The van der Waals surface area contributed by atoms with Crippen LogP contribution < -0.4 is 9.64 Å². The quantitative estimate of drug-likeness (QED) is 0.533. The Morgan fingerprint density at radius 2 is 1.84 bits per heavy atom. The van der Waals surface area contributed by atoms with Gasteiger partial charge in [-0.2, -0.15) is 5.26 Å². The van der Waals surface area contributed by atoms with E-state index in [4.69, 9.17) is 9.47 Å². The molecule has 1 amide bonds. The number of hydrogen-bond acceptors (Lipinski definition) is 6. The average molecular weight is 428 g/mol. The van der Waals surface area contributed by atoms with Gasteiger partial charge in [0.25, 0.3) is 0 Å². The Balaban J connectivity index is 1.39. The molecule has 0 spiro atoms. The zero-order valence-corrected chi connectivity index (χ0v) is 18.1. The van der Waals surface area contributed by atoms with E-state index in [9.17, 15) is 10.1 Å². The van der Waals surface area contributed by atoms with Crippen LogP contribution in [-0.2, 0) is 11.2 Å². The summed E-state index contributed by atoms with van der Waals surface area (Å²) in [6.45, 7) is 3.03. The van der Waals surface area contributed by atoms with Crippen LogP contribution in [0, 0.1) is 11.3 Å². The number of hydrogen-bond donors (Lipinski definition) is 0. The Kier molecular flexibility index (Phi) is 6.22. The van der Waals surface area contributed by atoms with Crippen molar-refractivity contribution in [3.63, 3.8) is 0 Å². The van der Waals surface area contributed by atoms with Crippen molar-refractivity contribution in [3.05, 3.63) is 78.0 Å². The van der Waals surface area contributed by atoms with Gasteiger partial charge >= 0.3 is 6.09 Å². The molecule has 3 aromatic rings. The lowest BCUT2D eigenvalue weighted by atomic mass is 10.1. The first-order valence-electron chi connectivity index (χ1n) is 10.5. The monoisotopic (exact) mass is 428 g/mol. The highest BCUT2D eigenvalue weighted by Crippen LogP contribution is 2.28. The van der Waals surface area contributed by atoms with E-state index < -0.39 is 0 Å². The second kappa shape index (κ2) is 9.40. The minimum atomic E-state index is -0.238. The number of aromatic nitrogens is 1. The smallest absolute Gasteiger partial charge is 0.410 e. The van der Waals surface area contributed by atoms with E-state index in [1.54, 1.807) is 23.2 Å². The third kappa shape index (κ3) is 4.49. The molecule has 4 rings (SSSR count). The van der Waals surface area contributed by atoms with E-state index in [1.807, 2.05) is 67.4 Å². The van der Waals surface area contributed by atoms with Crippen molar-refractivity contribution in [2.75, 3.05) is 25.1 Å². The molecule has 0 aliphatic carbocycles. The summed E-state index contributed by atoms with van der Waals surface area (Å²) in [7, 11) is 1.88. The van der Waals surface area contributed by atoms with E-state index in [-0.39, 0.29) is 12.1 Å². The van der Waals surface area contributed by atoms with E-state index in [0.717, 1.165) is 23.4 Å². The van der Waals surface area contributed by atoms with Crippen molar-refractivity contribution in [1.29, 1.82) is 5.26 Å². The van der Waals surface area contributed by atoms with Crippen molar-refractivity contribution in [2.24, 2.45) is 0 Å². The molecule has 0 N–H and O–H groups in total. The summed E-state index contributed by atoms with van der Waals surface area (Å²) in [5, 5.41) is 9.30. The molecule has 0 radical (unpaired) electrons. The van der Waals surface area contributed by atoms with Gasteiger partial charge in [-0.05, 0) is 67.4 Å². The number of likely N-dealkylation sites (N-methyl/N-ethyl adjacent to an activating group) is 1. The lowest BCUT2D eigenvalue weighted by Gasteiger charge is -2.20. The molecule has 7 heteroatoms. The molecule has 1 fully saturated rings. The molecule has 1 atom stereocenters. The summed E-state index contributed by atoms with van der Waals surface area (Å²) in [4.78, 5) is 19.6. The van der Waals surface area contributed by atoms with Crippen molar-refractivity contribution in [3.8, 4) is 17.6 Å². The Hall–Kier alpha value is -4.05. The lowest BCUT2D eigenvalue weighted by Crippen LogP contribution is -2.34. The minimum absolute atomic E-state index is 0.0736. The number of carbonyl (C=O) groups is 1. The van der Waals surface area contributed by atoms with Gasteiger partial charge in [-0.3, -0.25) is 0 Å². The third-order valence-electron chi connectivity index (χ3n) is 5.49. The first kappa shape index (κ1) is 21.2.